The quantitative estimate of drug-likeness (QED) is 0.656. The minimum atomic E-state index is 0.203. The van der Waals surface area contributed by atoms with Crippen molar-refractivity contribution in [3.8, 4) is 10.6 Å². The van der Waals surface area contributed by atoms with Crippen LogP contribution in [-0.2, 0) is 16.0 Å². The van der Waals surface area contributed by atoms with E-state index in [2.05, 4.69) is 25.1 Å². The van der Waals surface area contributed by atoms with Gasteiger partial charge in [0.05, 0.1) is 37.9 Å². The zero-order valence-electron chi connectivity index (χ0n) is 15.7. The lowest BCUT2D eigenvalue weighted by atomic mass is 10.1. The van der Waals surface area contributed by atoms with Crippen molar-refractivity contribution in [3.63, 3.8) is 0 Å². The summed E-state index contributed by atoms with van der Waals surface area (Å²) >= 11 is 1.54. The van der Waals surface area contributed by atoms with Gasteiger partial charge < -0.3 is 4.74 Å². The van der Waals surface area contributed by atoms with Gasteiger partial charge in [0.2, 0.25) is 0 Å². The fourth-order valence-electron chi connectivity index (χ4n) is 4.14. The monoisotopic (exact) mass is 395 g/mol. The lowest BCUT2D eigenvalue weighted by Gasteiger charge is -2.33. The minimum absolute atomic E-state index is 0.203. The van der Waals surface area contributed by atoms with Crippen molar-refractivity contribution in [1.29, 1.82) is 0 Å². The Hall–Kier alpha value is -2.29. The van der Waals surface area contributed by atoms with Gasteiger partial charge in [-0.2, -0.15) is 0 Å². The molecule has 5 rings (SSSR count). The number of ether oxygens (including phenoxy) is 1. The highest BCUT2D eigenvalue weighted by molar-refractivity contribution is 7.14. The number of aromatic nitrogens is 4. The van der Waals surface area contributed by atoms with E-state index in [1.807, 2.05) is 19.1 Å². The van der Waals surface area contributed by atoms with Crippen LogP contribution in [-0.4, -0.2) is 62.7 Å². The van der Waals surface area contributed by atoms with Gasteiger partial charge in [-0.3, -0.25) is 19.7 Å². The molecule has 144 valence electrons. The summed E-state index contributed by atoms with van der Waals surface area (Å²) in [6.07, 6.45) is 6.14. The average molecular weight is 395 g/mol. The maximum atomic E-state index is 12.7. The number of pyridine rings is 2. The first-order valence-electron chi connectivity index (χ1n) is 9.56. The number of hydrogen-bond donors (Lipinski definition) is 0. The largest absolute Gasteiger partial charge is 0.378 e. The van der Waals surface area contributed by atoms with Gasteiger partial charge in [0.15, 0.2) is 5.78 Å². The number of morpholine rings is 1. The molecule has 2 fully saturated rings. The average Bonchev–Trinajstić information content (AvgIpc) is 3.20. The highest BCUT2D eigenvalue weighted by atomic mass is 32.1. The highest BCUT2D eigenvalue weighted by Crippen LogP contribution is 2.29. The molecule has 8 heteroatoms. The van der Waals surface area contributed by atoms with Crippen molar-refractivity contribution in [2.75, 3.05) is 19.8 Å². The maximum absolute atomic E-state index is 12.7. The predicted octanol–water partition coefficient (Wildman–Crippen LogP) is 2.43. The molecule has 3 aromatic heterocycles. The molecule has 2 aliphatic rings. The summed E-state index contributed by atoms with van der Waals surface area (Å²) in [6.45, 7) is 3.92. The summed E-state index contributed by atoms with van der Waals surface area (Å²) in [5, 5.41) is 11.0. The second kappa shape index (κ2) is 7.27. The normalized spacial score (nSPS) is 22.0. The Labute approximate surface area is 166 Å². The van der Waals surface area contributed by atoms with Crippen molar-refractivity contribution >= 4 is 28.0 Å². The molecule has 7 nitrogen and oxygen atoms in total. The van der Waals surface area contributed by atoms with Crippen LogP contribution in [0.15, 0.2) is 24.5 Å². The van der Waals surface area contributed by atoms with Gasteiger partial charge in [-0.25, -0.2) is 0 Å². The smallest absolute Gasteiger partial charge is 0.152 e. The molecule has 2 bridgehead atoms. The Morgan fingerprint density at radius 3 is 2.75 bits per heavy atom. The molecule has 0 aromatic carbocycles. The van der Waals surface area contributed by atoms with E-state index in [0.29, 0.717) is 25.0 Å². The van der Waals surface area contributed by atoms with E-state index >= 15 is 0 Å². The number of carbonyl (C=O) groups excluding carboxylic acids is 1. The Balaban J connectivity index is 1.33. The van der Waals surface area contributed by atoms with Crippen molar-refractivity contribution in [1.82, 2.24) is 25.1 Å². The molecular formula is C20H21N5O2S. The van der Waals surface area contributed by atoms with Gasteiger partial charge in [-0.15, -0.1) is 10.2 Å². The molecule has 2 aliphatic heterocycles. The van der Waals surface area contributed by atoms with E-state index in [4.69, 9.17) is 4.74 Å². The summed E-state index contributed by atoms with van der Waals surface area (Å²) in [5.41, 5.74) is 2.53. The second-order valence-corrected chi connectivity index (χ2v) is 8.71. The van der Waals surface area contributed by atoms with Crippen LogP contribution in [0.2, 0.25) is 0 Å². The van der Waals surface area contributed by atoms with E-state index in [-0.39, 0.29) is 5.78 Å². The van der Waals surface area contributed by atoms with Crippen LogP contribution in [0.1, 0.15) is 23.5 Å². The van der Waals surface area contributed by atoms with Gasteiger partial charge in [0.1, 0.15) is 10.0 Å². The molecule has 28 heavy (non-hydrogen) atoms. The predicted molar refractivity (Wildman–Crippen MR) is 106 cm³/mol. The Bertz CT molecular complexity index is 1020. The summed E-state index contributed by atoms with van der Waals surface area (Å²) in [4.78, 5) is 23.9. The summed E-state index contributed by atoms with van der Waals surface area (Å²) in [7, 11) is 0. The standard InChI is InChI=1S/C20H21N5O2S/c1-12-23-24-20(28-12)14-4-13-5-15(21-8-19(13)22-7-14)6-18(26)9-25-16-2-3-17(25)11-27-10-16/h4-5,7-8,16-17H,2-3,6,9-11H2,1H3. The van der Waals surface area contributed by atoms with E-state index in [1.165, 1.54) is 0 Å². The topological polar surface area (TPSA) is 81.1 Å². The molecule has 2 atom stereocenters. The minimum Gasteiger partial charge on any atom is -0.378 e. The molecule has 0 spiro atoms. The molecule has 2 unspecified atom stereocenters. The lowest BCUT2D eigenvalue weighted by molar-refractivity contribution is -0.122. The van der Waals surface area contributed by atoms with E-state index < -0.39 is 0 Å². The number of fused-ring (bicyclic) bond motifs is 3. The number of rotatable bonds is 5. The SMILES string of the molecule is Cc1nnc(-c2cnc3cnc(CC(=O)CN4C5CCC4COC5)cc3c2)s1. The number of nitrogens with zero attached hydrogens (tertiary/aromatic N) is 5. The molecule has 0 amide bonds. The molecule has 2 saturated heterocycles. The van der Waals surface area contributed by atoms with E-state index in [0.717, 1.165) is 58.2 Å². The van der Waals surface area contributed by atoms with Crippen molar-refractivity contribution < 1.29 is 9.53 Å². The van der Waals surface area contributed by atoms with Crippen LogP contribution in [0.25, 0.3) is 21.5 Å². The molecule has 0 radical (unpaired) electrons. The molecule has 0 saturated carbocycles. The van der Waals surface area contributed by atoms with Crippen LogP contribution in [0.5, 0.6) is 0 Å². The maximum Gasteiger partial charge on any atom is 0.152 e. The molecule has 3 aromatic rings. The zero-order chi connectivity index (χ0) is 19.1. The third-order valence-corrected chi connectivity index (χ3v) is 6.41. The summed E-state index contributed by atoms with van der Waals surface area (Å²) in [6, 6.07) is 4.80. The molecule has 0 aliphatic carbocycles. The Morgan fingerprint density at radius 1 is 1.18 bits per heavy atom. The third-order valence-electron chi connectivity index (χ3n) is 5.53. The lowest BCUT2D eigenvalue weighted by Crippen LogP contribution is -2.48. The van der Waals surface area contributed by atoms with Gasteiger partial charge in [0.25, 0.3) is 0 Å². The molecular weight excluding hydrogens is 374 g/mol. The first-order valence-corrected chi connectivity index (χ1v) is 10.4. The number of ketones is 1. The Morgan fingerprint density at radius 2 is 2.00 bits per heavy atom. The van der Waals surface area contributed by atoms with Gasteiger partial charge in [-0.05, 0) is 31.9 Å². The van der Waals surface area contributed by atoms with Gasteiger partial charge in [-0.1, -0.05) is 11.3 Å². The van der Waals surface area contributed by atoms with Gasteiger partial charge >= 0.3 is 0 Å². The highest BCUT2D eigenvalue weighted by Gasteiger charge is 2.37. The van der Waals surface area contributed by atoms with Crippen LogP contribution in [0.3, 0.4) is 0 Å². The Kier molecular flexibility index (Phi) is 4.62. The van der Waals surface area contributed by atoms with Crippen LogP contribution in [0.4, 0.5) is 0 Å². The van der Waals surface area contributed by atoms with Crippen LogP contribution < -0.4 is 0 Å². The van der Waals surface area contributed by atoms with E-state index in [1.54, 1.807) is 23.7 Å². The second-order valence-electron chi connectivity index (χ2n) is 7.53. The van der Waals surface area contributed by atoms with Crippen molar-refractivity contribution in [2.45, 2.75) is 38.3 Å². The fraction of sp³-hybridized carbons (Fsp3) is 0.450. The number of hydrogen-bond acceptors (Lipinski definition) is 8. The first kappa shape index (κ1) is 17.8. The van der Waals surface area contributed by atoms with E-state index in [9.17, 15) is 4.79 Å². The van der Waals surface area contributed by atoms with Gasteiger partial charge in [0, 0.05) is 34.9 Å². The van der Waals surface area contributed by atoms with Crippen molar-refractivity contribution in [2.24, 2.45) is 0 Å². The molecule has 5 heterocycles. The number of aryl methyl sites for hydroxylation is 1. The summed E-state index contributed by atoms with van der Waals surface area (Å²) < 4.78 is 5.60. The summed E-state index contributed by atoms with van der Waals surface area (Å²) in [5.74, 6) is 0.203. The molecule has 0 N–H and O–H groups in total. The third kappa shape index (κ3) is 3.43. The van der Waals surface area contributed by atoms with Crippen LogP contribution in [0, 0.1) is 6.92 Å². The first-order chi connectivity index (χ1) is 13.7. The number of carbonyl (C=O) groups is 1. The van der Waals surface area contributed by atoms with Crippen molar-refractivity contribution in [3.05, 3.63) is 35.2 Å². The van der Waals surface area contributed by atoms with Crippen LogP contribution >= 0.6 is 11.3 Å². The zero-order valence-corrected chi connectivity index (χ0v) is 16.5. The fourth-order valence-corrected chi connectivity index (χ4v) is 4.81. The number of Topliss-reactive ketones (excluding diaryl/α,β-unsaturated/α-hetero) is 1.